The molecule has 0 amide bonds. The monoisotopic (exact) mass is 579 g/mol. The molecule has 1 atom stereocenters. The van der Waals surface area contributed by atoms with E-state index in [9.17, 15) is 9.90 Å². The van der Waals surface area contributed by atoms with Crippen LogP contribution in [0.25, 0.3) is 0 Å². The Balaban J connectivity index is 0.000000499. The van der Waals surface area contributed by atoms with Crippen LogP contribution in [0.5, 0.6) is 6.01 Å². The average molecular weight is 581 g/mol. The van der Waals surface area contributed by atoms with E-state index in [-0.39, 0.29) is 34.5 Å². The number of ether oxygens (including phenoxy) is 1. The van der Waals surface area contributed by atoms with E-state index in [4.69, 9.17) is 39.4 Å². The molecule has 0 saturated heterocycles. The van der Waals surface area contributed by atoms with Gasteiger partial charge in [-0.3, -0.25) is 4.79 Å². The van der Waals surface area contributed by atoms with Crippen molar-refractivity contribution in [2.24, 2.45) is 0 Å². The number of aryl methyl sites for hydroxylation is 1. The third-order valence-corrected chi connectivity index (χ3v) is 5.77. The lowest BCUT2D eigenvalue weighted by Gasteiger charge is -2.15. The topological polar surface area (TPSA) is 188 Å². The first-order chi connectivity index (χ1) is 18.7. The van der Waals surface area contributed by atoms with Crippen molar-refractivity contribution in [1.82, 2.24) is 29.9 Å². The lowest BCUT2D eigenvalue weighted by molar-refractivity contribution is -0.137. The molecule has 0 bridgehead atoms. The Morgan fingerprint density at radius 2 is 1.62 bits per heavy atom. The molecule has 0 saturated carbocycles. The van der Waals surface area contributed by atoms with Gasteiger partial charge in [0.05, 0.1) is 13.0 Å². The lowest BCUT2D eigenvalue weighted by Crippen LogP contribution is -2.08. The molecule has 0 aliphatic carbocycles. The summed E-state index contributed by atoms with van der Waals surface area (Å²) in [4.78, 5) is 35.2. The number of hydrogen-bond acceptors (Lipinski definition) is 11. The van der Waals surface area contributed by atoms with Gasteiger partial charge < -0.3 is 26.6 Å². The molecule has 14 heteroatoms. The fraction of sp³-hybridized carbons (Fsp3) is 0.480. The van der Waals surface area contributed by atoms with Crippen molar-refractivity contribution in [3.8, 4) is 6.01 Å². The van der Waals surface area contributed by atoms with E-state index in [0.29, 0.717) is 12.6 Å². The second-order valence-corrected chi connectivity index (χ2v) is 9.26. The predicted octanol–water partition coefficient (Wildman–Crippen LogP) is 4.80. The molecule has 212 valence electrons. The second-order valence-electron chi connectivity index (χ2n) is 8.48. The van der Waals surface area contributed by atoms with Gasteiger partial charge in [-0.2, -0.15) is 4.98 Å². The number of aromatic nitrogens is 6. The zero-order valence-electron chi connectivity index (χ0n) is 22.1. The third-order valence-electron chi connectivity index (χ3n) is 5.38. The number of anilines is 3. The number of rotatable bonds is 14. The van der Waals surface area contributed by atoms with Gasteiger partial charge in [0.15, 0.2) is 0 Å². The summed E-state index contributed by atoms with van der Waals surface area (Å²) in [6.07, 6.45) is 9.06. The molecule has 0 radical (unpaired) electrons. The van der Waals surface area contributed by atoms with Crippen LogP contribution in [-0.4, -0.2) is 54.1 Å². The number of carboxylic acids is 1. The number of nitrogens with two attached hydrogens (primary N) is 2. The molecule has 39 heavy (non-hydrogen) atoms. The molecule has 0 aromatic carbocycles. The van der Waals surface area contributed by atoms with Crippen molar-refractivity contribution in [2.75, 3.05) is 29.9 Å². The highest BCUT2D eigenvalue weighted by molar-refractivity contribution is 6.33. The first kappa shape index (κ1) is 31.7. The highest BCUT2D eigenvalue weighted by Gasteiger charge is 2.16. The van der Waals surface area contributed by atoms with Crippen LogP contribution in [-0.2, 0) is 11.2 Å². The Kier molecular flexibility index (Phi) is 13.9. The number of nitrogens with one attached hydrogen (secondary N) is 1. The number of carbonyl (C=O) groups is 1. The number of unbranched alkanes of at least 4 members (excludes halogenated alkanes) is 3. The number of aliphatic carboxylic acids is 1. The first-order valence-corrected chi connectivity index (χ1v) is 13.4. The Morgan fingerprint density at radius 1 is 0.974 bits per heavy atom. The van der Waals surface area contributed by atoms with Gasteiger partial charge in [-0.15, -0.1) is 0 Å². The number of hydrogen-bond donors (Lipinski definition) is 4. The molecule has 3 aromatic rings. The Hall–Kier alpha value is -3.51. The molecule has 3 aromatic heterocycles. The number of carboxylic acid groups (broad SMARTS) is 1. The molecule has 0 aliphatic heterocycles. The number of halogens is 2. The van der Waals surface area contributed by atoms with Crippen LogP contribution in [0.4, 0.5) is 17.7 Å². The highest BCUT2D eigenvalue weighted by atomic mass is 35.5. The van der Waals surface area contributed by atoms with Gasteiger partial charge in [0.25, 0.3) is 0 Å². The van der Waals surface area contributed by atoms with Crippen LogP contribution in [0.3, 0.4) is 0 Å². The van der Waals surface area contributed by atoms with E-state index >= 15 is 0 Å². The molecule has 6 N–H and O–H groups in total. The summed E-state index contributed by atoms with van der Waals surface area (Å²) in [7, 11) is 0. The van der Waals surface area contributed by atoms with Crippen LogP contribution in [0.2, 0.25) is 10.3 Å². The zero-order chi connectivity index (χ0) is 28.6. The summed E-state index contributed by atoms with van der Waals surface area (Å²) in [5, 5.41) is 12.9. The largest absolute Gasteiger partial charge is 0.481 e. The van der Waals surface area contributed by atoms with Crippen molar-refractivity contribution in [1.29, 1.82) is 0 Å². The van der Waals surface area contributed by atoms with E-state index < -0.39 is 5.97 Å². The van der Waals surface area contributed by atoms with Gasteiger partial charge in [0.2, 0.25) is 11.9 Å². The third kappa shape index (κ3) is 12.7. The minimum absolute atomic E-state index is 0.0742. The maximum Gasteiger partial charge on any atom is 0.316 e. The second kappa shape index (κ2) is 17.2. The number of nitrogens with zero attached hydrogens (tertiary/aromatic N) is 6. The van der Waals surface area contributed by atoms with Gasteiger partial charge in [-0.25, -0.2) is 24.9 Å². The van der Waals surface area contributed by atoms with Gasteiger partial charge in [-0.1, -0.05) is 42.5 Å². The molecular weight excluding hydrogens is 545 g/mol. The summed E-state index contributed by atoms with van der Waals surface area (Å²) in [6, 6.07) is 3.67. The maximum absolute atomic E-state index is 11.3. The fourth-order valence-corrected chi connectivity index (χ4v) is 4.15. The maximum atomic E-state index is 11.3. The predicted molar refractivity (Wildman–Crippen MR) is 152 cm³/mol. The van der Waals surface area contributed by atoms with Gasteiger partial charge in [-0.05, 0) is 44.6 Å². The minimum Gasteiger partial charge on any atom is -0.481 e. The zero-order valence-corrected chi connectivity index (χ0v) is 23.6. The van der Waals surface area contributed by atoms with E-state index in [1.807, 2.05) is 19.9 Å². The van der Waals surface area contributed by atoms with Gasteiger partial charge in [0.1, 0.15) is 16.1 Å². The summed E-state index contributed by atoms with van der Waals surface area (Å²) >= 11 is 10.9. The van der Waals surface area contributed by atoms with Gasteiger partial charge >= 0.3 is 12.0 Å². The Labute approximate surface area is 238 Å². The molecule has 1 unspecified atom stereocenters. The standard InChI is InChI=1S/C21H32N6O3.C4H3Cl2N3/c1-3-23-18-12-17(26-20(22)27-18)10-8-6-5-7-9-15(11-19(28)29)16-13-24-21(25-14-16)30-4-2;5-2-1-3(6)9-4(7)8-2/h12-15H,3-11H2,1-2H3,(H,28,29)(H3,22,23,26,27);1H,(H2,7,8,9). The molecule has 0 fully saturated rings. The molecule has 3 heterocycles. The summed E-state index contributed by atoms with van der Waals surface area (Å²) < 4.78 is 5.25. The quantitative estimate of drug-likeness (QED) is 0.151. The smallest absolute Gasteiger partial charge is 0.316 e. The molecule has 0 aliphatic rings. The van der Waals surface area contributed by atoms with E-state index in [0.717, 1.165) is 62.1 Å². The molecule has 0 spiro atoms. The normalized spacial score (nSPS) is 11.3. The summed E-state index contributed by atoms with van der Waals surface area (Å²) in [5.74, 6) is 0.230. The van der Waals surface area contributed by atoms with Crippen LogP contribution in [0.1, 0.15) is 69.5 Å². The molecule has 12 nitrogen and oxygen atoms in total. The Morgan fingerprint density at radius 3 is 2.21 bits per heavy atom. The van der Waals surface area contributed by atoms with Crippen LogP contribution in [0.15, 0.2) is 24.5 Å². The molecule has 3 rings (SSSR count). The van der Waals surface area contributed by atoms with Crippen LogP contribution < -0.4 is 21.5 Å². The minimum atomic E-state index is -0.813. The van der Waals surface area contributed by atoms with Crippen molar-refractivity contribution < 1.29 is 14.6 Å². The van der Waals surface area contributed by atoms with E-state index in [1.54, 1.807) is 12.4 Å². The van der Waals surface area contributed by atoms with Crippen LogP contribution in [0, 0.1) is 0 Å². The molecular formula is C25H35Cl2N9O3. The van der Waals surface area contributed by atoms with E-state index in [2.05, 4.69) is 35.2 Å². The Bertz CT molecular complexity index is 1120. The number of nitrogen functional groups attached to an aromatic ring is 2. The van der Waals surface area contributed by atoms with Crippen molar-refractivity contribution in [3.63, 3.8) is 0 Å². The summed E-state index contributed by atoms with van der Waals surface area (Å²) in [6.45, 7) is 5.16. The SMILES string of the molecule is CCNc1cc(CCCCCCC(CC(=O)O)c2cnc(OCC)nc2)nc(N)n1.Nc1nc(Cl)cc(Cl)n1. The van der Waals surface area contributed by atoms with Crippen LogP contribution >= 0.6 is 23.2 Å². The first-order valence-electron chi connectivity index (χ1n) is 12.7. The van der Waals surface area contributed by atoms with Crippen molar-refractivity contribution >= 4 is 46.9 Å². The van der Waals surface area contributed by atoms with Crippen molar-refractivity contribution in [3.05, 3.63) is 46.1 Å². The van der Waals surface area contributed by atoms with Gasteiger partial charge in [0, 0.05) is 36.8 Å². The van der Waals surface area contributed by atoms with Crippen molar-refractivity contribution in [2.45, 2.75) is 64.7 Å². The fourth-order valence-electron chi connectivity index (χ4n) is 3.71. The average Bonchev–Trinajstić information content (AvgIpc) is 2.85. The highest BCUT2D eigenvalue weighted by Crippen LogP contribution is 2.26. The van der Waals surface area contributed by atoms with E-state index in [1.165, 1.54) is 6.07 Å². The lowest BCUT2D eigenvalue weighted by atomic mass is 9.92. The summed E-state index contributed by atoms with van der Waals surface area (Å²) in [5.41, 5.74) is 12.7.